The number of nitrogens with one attached hydrogen (secondary N) is 1. The van der Waals surface area contributed by atoms with E-state index in [2.05, 4.69) is 27.3 Å². The number of aryl methyl sites for hydroxylation is 1. The van der Waals surface area contributed by atoms with Crippen molar-refractivity contribution in [3.8, 4) is 5.75 Å². The molecule has 5 heteroatoms. The fourth-order valence-corrected chi connectivity index (χ4v) is 2.64. The molecule has 0 spiro atoms. The average molecular weight is 359 g/mol. The van der Waals surface area contributed by atoms with Crippen molar-refractivity contribution in [2.45, 2.75) is 19.9 Å². The Morgan fingerprint density at radius 3 is 2.70 bits per heavy atom. The summed E-state index contributed by atoms with van der Waals surface area (Å²) in [7, 11) is 1.67. The molecule has 0 saturated heterocycles. The molecule has 3 nitrogen and oxygen atoms in total. The molecule has 0 saturated carbocycles. The zero-order chi connectivity index (χ0) is 14.7. The molecule has 0 aliphatic heterocycles. The van der Waals surface area contributed by atoms with Crippen LogP contribution in [-0.4, -0.2) is 13.7 Å². The molecule has 0 bridgehead atoms. The number of benzene rings is 1. The molecule has 1 heterocycles. The molecule has 0 amide bonds. The van der Waals surface area contributed by atoms with Gasteiger partial charge in [0.15, 0.2) is 5.22 Å². The fourth-order valence-electron chi connectivity index (χ4n) is 2.12. The summed E-state index contributed by atoms with van der Waals surface area (Å²) in [5, 5.41) is 3.78. The van der Waals surface area contributed by atoms with Gasteiger partial charge in [-0.1, -0.05) is 22.9 Å². The van der Waals surface area contributed by atoms with E-state index in [0.29, 0.717) is 5.22 Å². The van der Waals surface area contributed by atoms with E-state index in [1.54, 1.807) is 13.2 Å². The van der Waals surface area contributed by atoms with Crippen LogP contribution in [0.15, 0.2) is 33.2 Å². The molecule has 1 unspecified atom stereocenters. The van der Waals surface area contributed by atoms with Gasteiger partial charge in [-0.2, -0.15) is 0 Å². The van der Waals surface area contributed by atoms with Gasteiger partial charge >= 0.3 is 0 Å². The van der Waals surface area contributed by atoms with Gasteiger partial charge in [0.2, 0.25) is 0 Å². The topological polar surface area (TPSA) is 34.4 Å². The largest absolute Gasteiger partial charge is 0.496 e. The summed E-state index contributed by atoms with van der Waals surface area (Å²) < 4.78 is 12.1. The third-order valence-corrected chi connectivity index (χ3v) is 4.17. The number of methoxy groups -OCH3 is 1. The second-order valence-electron chi connectivity index (χ2n) is 4.48. The Hall–Kier alpha value is -0.970. The normalized spacial score (nSPS) is 12.4. The third kappa shape index (κ3) is 3.19. The second-order valence-corrected chi connectivity index (χ2v) is 5.70. The minimum Gasteiger partial charge on any atom is -0.496 e. The lowest BCUT2D eigenvalue weighted by molar-refractivity contribution is 0.393. The van der Waals surface area contributed by atoms with Crippen LogP contribution in [-0.2, 0) is 0 Å². The van der Waals surface area contributed by atoms with Crippen LogP contribution < -0.4 is 10.1 Å². The molecular formula is C15H17BrClNO2. The van der Waals surface area contributed by atoms with Crippen molar-refractivity contribution in [3.63, 3.8) is 0 Å². The number of furan rings is 1. The summed E-state index contributed by atoms with van der Waals surface area (Å²) in [6, 6.07) is 7.59. The Morgan fingerprint density at radius 2 is 2.15 bits per heavy atom. The maximum Gasteiger partial charge on any atom is 0.193 e. The van der Waals surface area contributed by atoms with E-state index in [0.717, 1.165) is 33.7 Å². The van der Waals surface area contributed by atoms with Crippen LogP contribution in [0.5, 0.6) is 5.75 Å². The molecule has 1 atom stereocenters. The molecule has 0 fully saturated rings. The van der Waals surface area contributed by atoms with Crippen LogP contribution in [0.1, 0.15) is 29.9 Å². The highest BCUT2D eigenvalue weighted by Gasteiger charge is 2.21. The van der Waals surface area contributed by atoms with Gasteiger partial charge in [0.25, 0.3) is 0 Å². The summed E-state index contributed by atoms with van der Waals surface area (Å²) >= 11 is 9.45. The van der Waals surface area contributed by atoms with Crippen molar-refractivity contribution in [1.82, 2.24) is 5.32 Å². The number of hydrogen-bond acceptors (Lipinski definition) is 3. The Kier molecular flexibility index (Phi) is 5.13. The first-order chi connectivity index (χ1) is 9.56. The van der Waals surface area contributed by atoms with Crippen molar-refractivity contribution in [2.24, 2.45) is 0 Å². The molecule has 1 N–H and O–H groups in total. The first-order valence-corrected chi connectivity index (χ1v) is 7.56. The van der Waals surface area contributed by atoms with Gasteiger partial charge in [0.05, 0.1) is 13.2 Å². The molecule has 0 aliphatic rings. The summed E-state index contributed by atoms with van der Waals surface area (Å²) in [5.74, 6) is 1.59. The highest BCUT2D eigenvalue weighted by molar-refractivity contribution is 9.10. The van der Waals surface area contributed by atoms with Crippen molar-refractivity contribution in [2.75, 3.05) is 13.7 Å². The minimum atomic E-state index is -0.0978. The molecule has 0 radical (unpaired) electrons. The summed E-state index contributed by atoms with van der Waals surface area (Å²) in [6.45, 7) is 4.88. The van der Waals surface area contributed by atoms with Crippen LogP contribution in [0.3, 0.4) is 0 Å². The third-order valence-electron chi connectivity index (χ3n) is 3.11. The first kappa shape index (κ1) is 15.4. The molecular weight excluding hydrogens is 342 g/mol. The Morgan fingerprint density at radius 1 is 1.40 bits per heavy atom. The smallest absolute Gasteiger partial charge is 0.193 e. The summed E-state index contributed by atoms with van der Waals surface area (Å²) in [6.07, 6.45) is 0. The van der Waals surface area contributed by atoms with Gasteiger partial charge in [-0.3, -0.25) is 0 Å². The lowest BCUT2D eigenvalue weighted by Crippen LogP contribution is -2.22. The number of halogens is 2. The van der Waals surface area contributed by atoms with Gasteiger partial charge < -0.3 is 14.5 Å². The lowest BCUT2D eigenvalue weighted by atomic mass is 10.0. The predicted octanol–water partition coefficient (Wildman–Crippen LogP) is 4.71. The molecule has 20 heavy (non-hydrogen) atoms. The Bertz CT molecular complexity index is 598. The average Bonchev–Trinajstić information content (AvgIpc) is 2.85. The molecule has 2 rings (SSSR count). The van der Waals surface area contributed by atoms with Gasteiger partial charge in [-0.15, -0.1) is 0 Å². The number of rotatable bonds is 5. The predicted molar refractivity (Wildman–Crippen MR) is 84.7 cm³/mol. The second kappa shape index (κ2) is 6.66. The Balaban J connectivity index is 2.51. The minimum absolute atomic E-state index is 0.0978. The number of hydrogen-bond donors (Lipinski definition) is 1. The van der Waals surface area contributed by atoms with E-state index in [4.69, 9.17) is 20.8 Å². The summed E-state index contributed by atoms with van der Waals surface area (Å²) in [4.78, 5) is 0. The van der Waals surface area contributed by atoms with Crippen molar-refractivity contribution >= 4 is 27.5 Å². The molecule has 1 aromatic heterocycles. The zero-order valence-electron chi connectivity index (χ0n) is 11.7. The van der Waals surface area contributed by atoms with Crippen molar-refractivity contribution < 1.29 is 9.15 Å². The van der Waals surface area contributed by atoms with Gasteiger partial charge in [0.1, 0.15) is 11.5 Å². The maximum atomic E-state index is 5.89. The van der Waals surface area contributed by atoms with Crippen LogP contribution in [0.2, 0.25) is 5.22 Å². The van der Waals surface area contributed by atoms with E-state index in [1.165, 1.54) is 0 Å². The van der Waals surface area contributed by atoms with Crippen molar-refractivity contribution in [3.05, 3.63) is 50.8 Å². The van der Waals surface area contributed by atoms with Crippen LogP contribution in [0.25, 0.3) is 0 Å². The van der Waals surface area contributed by atoms with Gasteiger partial charge in [-0.25, -0.2) is 0 Å². The Labute approximate surface area is 132 Å². The summed E-state index contributed by atoms with van der Waals surface area (Å²) in [5.41, 5.74) is 2.14. The first-order valence-electron chi connectivity index (χ1n) is 6.39. The van der Waals surface area contributed by atoms with Gasteiger partial charge in [-0.05, 0) is 54.9 Å². The molecule has 0 aliphatic carbocycles. The highest BCUT2D eigenvalue weighted by atomic mass is 79.9. The van der Waals surface area contributed by atoms with E-state index in [9.17, 15) is 0 Å². The standard InChI is InChI=1S/C15H17BrClNO2/c1-4-18-15(12-5-6-14(17)20-12)10-8-11(16)9(2)7-13(10)19-3/h5-8,15,18H,4H2,1-3H3. The zero-order valence-corrected chi connectivity index (χ0v) is 14.0. The fraction of sp³-hybridized carbons (Fsp3) is 0.333. The highest BCUT2D eigenvalue weighted by Crippen LogP contribution is 2.35. The molecule has 1 aromatic carbocycles. The lowest BCUT2D eigenvalue weighted by Gasteiger charge is -2.20. The van der Waals surface area contributed by atoms with Crippen LogP contribution in [0.4, 0.5) is 0 Å². The van der Waals surface area contributed by atoms with E-state index in [-0.39, 0.29) is 6.04 Å². The van der Waals surface area contributed by atoms with E-state index in [1.807, 2.05) is 26.0 Å². The molecule has 108 valence electrons. The monoisotopic (exact) mass is 357 g/mol. The van der Waals surface area contributed by atoms with Crippen LogP contribution >= 0.6 is 27.5 Å². The SMILES string of the molecule is CCNC(c1ccc(Cl)o1)c1cc(Br)c(C)cc1OC. The van der Waals surface area contributed by atoms with Crippen LogP contribution in [0, 0.1) is 6.92 Å². The van der Waals surface area contributed by atoms with Gasteiger partial charge in [0, 0.05) is 10.0 Å². The van der Waals surface area contributed by atoms with E-state index >= 15 is 0 Å². The van der Waals surface area contributed by atoms with E-state index < -0.39 is 0 Å². The maximum absolute atomic E-state index is 5.89. The molecule has 2 aromatic rings. The quantitative estimate of drug-likeness (QED) is 0.840. The van der Waals surface area contributed by atoms with Crippen molar-refractivity contribution in [1.29, 1.82) is 0 Å². The number of ether oxygens (including phenoxy) is 1.